The summed E-state index contributed by atoms with van der Waals surface area (Å²) in [5, 5.41) is 5.19. The summed E-state index contributed by atoms with van der Waals surface area (Å²) in [6, 6.07) is 19.6. The van der Waals surface area contributed by atoms with Gasteiger partial charge in [-0.25, -0.2) is 15.0 Å². The minimum Gasteiger partial charge on any atom is -0.360 e. The number of aromatic nitrogens is 4. The fraction of sp³-hybridized carbons (Fsp3) is 0.267. The molecule has 198 valence electrons. The molecule has 0 bridgehead atoms. The van der Waals surface area contributed by atoms with Crippen molar-refractivity contribution in [1.29, 1.82) is 0 Å². The van der Waals surface area contributed by atoms with Crippen molar-refractivity contribution in [3.63, 3.8) is 0 Å². The number of imidazole rings is 1. The summed E-state index contributed by atoms with van der Waals surface area (Å²) >= 11 is 12.8. The molecule has 0 aliphatic carbocycles. The number of rotatable bonds is 7. The molecule has 0 radical (unpaired) electrons. The van der Waals surface area contributed by atoms with Gasteiger partial charge in [0.05, 0.1) is 33.2 Å². The van der Waals surface area contributed by atoms with Crippen molar-refractivity contribution in [2.24, 2.45) is 0 Å². The highest BCUT2D eigenvalue weighted by Gasteiger charge is 2.30. The summed E-state index contributed by atoms with van der Waals surface area (Å²) in [5.41, 5.74) is 4.13. The van der Waals surface area contributed by atoms with E-state index in [9.17, 15) is 4.79 Å². The number of likely N-dealkylation sites (tertiary alicyclic amines) is 1. The topological polar surface area (TPSA) is 86.8 Å². The van der Waals surface area contributed by atoms with Crippen molar-refractivity contribution in [1.82, 2.24) is 24.8 Å². The van der Waals surface area contributed by atoms with Crippen LogP contribution >= 0.6 is 23.2 Å². The Kier molecular flexibility index (Phi) is 7.11. The summed E-state index contributed by atoms with van der Waals surface area (Å²) < 4.78 is 0. The number of aryl methyl sites for hydroxylation is 1. The molecule has 3 heterocycles. The molecule has 2 aromatic heterocycles. The van der Waals surface area contributed by atoms with E-state index in [1.54, 1.807) is 12.1 Å². The van der Waals surface area contributed by atoms with Gasteiger partial charge in [0.15, 0.2) is 0 Å². The van der Waals surface area contributed by atoms with Gasteiger partial charge in [0, 0.05) is 23.0 Å². The maximum atomic E-state index is 13.7. The Morgan fingerprint density at radius 3 is 2.79 bits per heavy atom. The molecule has 5 aromatic rings. The Morgan fingerprint density at radius 1 is 1.10 bits per heavy atom. The van der Waals surface area contributed by atoms with Crippen LogP contribution in [0, 0.1) is 0 Å². The summed E-state index contributed by atoms with van der Waals surface area (Å²) in [5.74, 6) is 1.33. The fourth-order valence-electron chi connectivity index (χ4n) is 5.37. The van der Waals surface area contributed by atoms with Crippen LogP contribution in [0.5, 0.6) is 0 Å². The number of nitrogens with zero attached hydrogens (tertiary/aromatic N) is 4. The number of carbonyl (C=O) groups excluding carboxylic acids is 1. The molecule has 6 rings (SSSR count). The molecule has 2 N–H and O–H groups in total. The second-order valence-electron chi connectivity index (χ2n) is 10.0. The SMILES string of the molecule is C[C@@H](Nc1ncnc2cc(C(=O)N3CCC[C@@H]3CCc3ccccc3)c(Cl)cc12)c1nc2cc(Cl)ccc2[nH]1. The number of nitrogens with one attached hydrogen (secondary N) is 2. The van der Waals surface area contributed by atoms with Crippen molar-refractivity contribution in [3.8, 4) is 0 Å². The van der Waals surface area contributed by atoms with Crippen molar-refractivity contribution >= 4 is 56.9 Å². The fourth-order valence-corrected chi connectivity index (χ4v) is 5.78. The average molecular weight is 560 g/mol. The Labute approximate surface area is 236 Å². The van der Waals surface area contributed by atoms with E-state index in [-0.39, 0.29) is 18.0 Å². The zero-order chi connectivity index (χ0) is 26.9. The molecular weight excluding hydrogens is 531 g/mol. The summed E-state index contributed by atoms with van der Waals surface area (Å²) in [6.45, 7) is 2.74. The van der Waals surface area contributed by atoms with Gasteiger partial charge in [-0.05, 0) is 68.5 Å². The molecule has 1 saturated heterocycles. The minimum absolute atomic E-state index is 0.0418. The van der Waals surface area contributed by atoms with Gasteiger partial charge in [-0.3, -0.25) is 4.79 Å². The molecule has 0 spiro atoms. The van der Waals surface area contributed by atoms with Crippen molar-refractivity contribution in [2.45, 2.75) is 44.7 Å². The number of H-pyrrole nitrogens is 1. The van der Waals surface area contributed by atoms with Crippen molar-refractivity contribution in [2.75, 3.05) is 11.9 Å². The van der Waals surface area contributed by atoms with E-state index >= 15 is 0 Å². The van der Waals surface area contributed by atoms with Crippen LogP contribution in [0.15, 0.2) is 67.0 Å². The zero-order valence-electron chi connectivity index (χ0n) is 21.5. The number of halogens is 2. The first-order valence-electron chi connectivity index (χ1n) is 13.2. The molecule has 0 saturated carbocycles. The number of hydrogen-bond acceptors (Lipinski definition) is 5. The highest BCUT2D eigenvalue weighted by atomic mass is 35.5. The first kappa shape index (κ1) is 25.6. The van der Waals surface area contributed by atoms with Crippen LogP contribution in [-0.4, -0.2) is 43.3 Å². The molecule has 39 heavy (non-hydrogen) atoms. The van der Waals surface area contributed by atoms with E-state index in [1.807, 2.05) is 36.1 Å². The van der Waals surface area contributed by atoms with Gasteiger partial charge in [-0.1, -0.05) is 53.5 Å². The normalized spacial score (nSPS) is 16.2. The molecule has 1 aliphatic heterocycles. The van der Waals surface area contributed by atoms with Gasteiger partial charge in [-0.15, -0.1) is 0 Å². The van der Waals surface area contributed by atoms with Gasteiger partial charge in [-0.2, -0.15) is 0 Å². The largest absolute Gasteiger partial charge is 0.360 e. The quantitative estimate of drug-likeness (QED) is 0.220. The van der Waals surface area contributed by atoms with E-state index < -0.39 is 0 Å². The van der Waals surface area contributed by atoms with Crippen LogP contribution in [0.1, 0.15) is 54.0 Å². The highest BCUT2D eigenvalue weighted by molar-refractivity contribution is 6.35. The van der Waals surface area contributed by atoms with Crippen molar-refractivity contribution < 1.29 is 4.79 Å². The van der Waals surface area contributed by atoms with Crippen LogP contribution in [0.4, 0.5) is 5.82 Å². The lowest BCUT2D eigenvalue weighted by atomic mass is 10.0. The first-order valence-corrected chi connectivity index (χ1v) is 13.9. The molecule has 1 fully saturated rings. The van der Waals surface area contributed by atoms with E-state index in [4.69, 9.17) is 23.2 Å². The second-order valence-corrected chi connectivity index (χ2v) is 10.9. The van der Waals surface area contributed by atoms with Gasteiger partial charge in [0.2, 0.25) is 0 Å². The predicted octanol–water partition coefficient (Wildman–Crippen LogP) is 7.22. The van der Waals surface area contributed by atoms with Gasteiger partial charge < -0.3 is 15.2 Å². The lowest BCUT2D eigenvalue weighted by Gasteiger charge is -2.25. The standard InChI is InChI=1S/C30H28Cl2N6O/c1-18(28-36-25-12-10-20(31)14-27(25)37-28)35-29-23-15-24(32)22(16-26(23)33-17-34-29)30(39)38-13-5-8-21(38)11-9-19-6-3-2-4-7-19/h2-4,6-7,10,12,14-18,21H,5,8-9,11,13H2,1H3,(H,36,37)(H,33,34,35)/t18-,21-/m1/s1. The number of benzene rings is 3. The Morgan fingerprint density at radius 2 is 1.95 bits per heavy atom. The molecule has 3 aromatic carbocycles. The Hall–Kier alpha value is -3.68. The minimum atomic E-state index is -0.177. The molecule has 9 heteroatoms. The Balaban J connectivity index is 1.22. The highest BCUT2D eigenvalue weighted by Crippen LogP contribution is 2.32. The average Bonchev–Trinajstić information content (AvgIpc) is 3.59. The van der Waals surface area contributed by atoms with Crippen LogP contribution < -0.4 is 5.32 Å². The maximum Gasteiger partial charge on any atom is 0.255 e. The summed E-state index contributed by atoms with van der Waals surface area (Å²) in [7, 11) is 0. The number of anilines is 1. The van der Waals surface area contributed by atoms with Crippen LogP contribution in [-0.2, 0) is 6.42 Å². The van der Waals surface area contributed by atoms with Gasteiger partial charge in [0.1, 0.15) is 18.0 Å². The first-order chi connectivity index (χ1) is 19.0. The number of fused-ring (bicyclic) bond motifs is 2. The lowest BCUT2D eigenvalue weighted by Crippen LogP contribution is -2.36. The summed E-state index contributed by atoms with van der Waals surface area (Å²) in [4.78, 5) is 32.5. The van der Waals surface area contributed by atoms with Gasteiger partial charge >= 0.3 is 0 Å². The smallest absolute Gasteiger partial charge is 0.255 e. The number of amides is 1. The molecule has 2 atom stereocenters. The Bertz CT molecular complexity index is 1650. The molecule has 0 unspecified atom stereocenters. The monoisotopic (exact) mass is 558 g/mol. The lowest BCUT2D eigenvalue weighted by molar-refractivity contribution is 0.0731. The van der Waals surface area contributed by atoms with Crippen molar-refractivity contribution in [3.05, 3.63) is 94.0 Å². The van der Waals surface area contributed by atoms with E-state index in [1.165, 1.54) is 11.9 Å². The number of aromatic amines is 1. The molecular formula is C30H28Cl2N6O. The van der Waals surface area contributed by atoms with Crippen LogP contribution in [0.25, 0.3) is 21.9 Å². The van der Waals surface area contributed by atoms with E-state index in [2.05, 4.69) is 49.5 Å². The van der Waals surface area contributed by atoms with E-state index in [0.717, 1.165) is 54.5 Å². The molecule has 7 nitrogen and oxygen atoms in total. The summed E-state index contributed by atoms with van der Waals surface area (Å²) in [6.07, 6.45) is 5.38. The van der Waals surface area contributed by atoms with Crippen LogP contribution in [0.3, 0.4) is 0 Å². The third-order valence-electron chi connectivity index (χ3n) is 7.43. The zero-order valence-corrected chi connectivity index (χ0v) is 23.0. The maximum absolute atomic E-state index is 13.7. The third kappa shape index (κ3) is 5.29. The van der Waals surface area contributed by atoms with Gasteiger partial charge in [0.25, 0.3) is 5.91 Å². The molecule has 1 aliphatic rings. The van der Waals surface area contributed by atoms with Crippen LogP contribution in [0.2, 0.25) is 10.0 Å². The third-order valence-corrected chi connectivity index (χ3v) is 7.98. The number of carbonyl (C=O) groups is 1. The molecule has 1 amide bonds. The predicted molar refractivity (Wildman–Crippen MR) is 157 cm³/mol. The second kappa shape index (κ2) is 10.8. The van der Waals surface area contributed by atoms with E-state index in [0.29, 0.717) is 26.9 Å². The number of hydrogen-bond donors (Lipinski definition) is 2.